The molecule has 112 valence electrons. The van der Waals surface area contributed by atoms with Crippen LogP contribution in [0, 0.1) is 0 Å². The minimum Gasteiger partial charge on any atom is -0.406 e. The van der Waals surface area contributed by atoms with Crippen molar-refractivity contribution in [1.29, 1.82) is 0 Å². The van der Waals surface area contributed by atoms with E-state index in [0.717, 1.165) is 12.8 Å². The lowest BCUT2D eigenvalue weighted by Crippen LogP contribution is -2.39. The number of alkyl halides is 4. The quantitative estimate of drug-likeness (QED) is 0.861. The van der Waals surface area contributed by atoms with E-state index in [1.807, 2.05) is 0 Å². The molecule has 0 spiro atoms. The molecule has 1 aliphatic rings. The highest BCUT2D eigenvalue weighted by atomic mass is 19.4. The number of hydrogen-bond acceptors (Lipinski definition) is 2. The summed E-state index contributed by atoms with van der Waals surface area (Å²) in [6, 6.07) is 5.19. The third kappa shape index (κ3) is 4.37. The van der Waals surface area contributed by atoms with E-state index < -0.39 is 12.0 Å². The fourth-order valence-electron chi connectivity index (χ4n) is 2.69. The van der Waals surface area contributed by atoms with Crippen molar-refractivity contribution >= 4 is 0 Å². The van der Waals surface area contributed by atoms with Gasteiger partial charge < -0.3 is 10.5 Å². The first-order valence-corrected chi connectivity index (χ1v) is 6.55. The predicted molar refractivity (Wildman–Crippen MR) is 67.1 cm³/mol. The molecule has 0 radical (unpaired) electrons. The van der Waals surface area contributed by atoms with Crippen LogP contribution in [0.25, 0.3) is 0 Å². The van der Waals surface area contributed by atoms with Crippen molar-refractivity contribution in [2.75, 3.05) is 0 Å². The van der Waals surface area contributed by atoms with Gasteiger partial charge >= 0.3 is 6.36 Å². The Morgan fingerprint density at radius 1 is 1.25 bits per heavy atom. The maximum Gasteiger partial charge on any atom is 0.573 e. The van der Waals surface area contributed by atoms with E-state index in [-0.39, 0.29) is 18.2 Å². The number of ether oxygens (including phenoxy) is 1. The summed E-state index contributed by atoms with van der Waals surface area (Å²) < 4.78 is 54.4. The van der Waals surface area contributed by atoms with Gasteiger partial charge in [-0.2, -0.15) is 0 Å². The van der Waals surface area contributed by atoms with Gasteiger partial charge in [0.25, 0.3) is 0 Å². The summed E-state index contributed by atoms with van der Waals surface area (Å²) in [5.41, 5.74) is 5.06. The second kappa shape index (κ2) is 5.60. The third-order valence-electron chi connectivity index (χ3n) is 3.51. The molecule has 2 N–H and O–H groups in total. The van der Waals surface area contributed by atoms with E-state index in [1.54, 1.807) is 0 Å². The summed E-state index contributed by atoms with van der Waals surface area (Å²) >= 11 is 0. The van der Waals surface area contributed by atoms with Gasteiger partial charge in [-0.25, -0.2) is 4.39 Å². The fraction of sp³-hybridized carbons (Fsp3) is 0.571. The Balaban J connectivity index is 2.00. The molecule has 1 aliphatic carbocycles. The number of benzene rings is 1. The summed E-state index contributed by atoms with van der Waals surface area (Å²) in [4.78, 5) is 0. The molecular formula is C14H17F4NO. The lowest BCUT2D eigenvalue weighted by atomic mass is 9.80. The molecule has 2 atom stereocenters. The van der Waals surface area contributed by atoms with E-state index in [0.29, 0.717) is 18.4 Å². The van der Waals surface area contributed by atoms with Gasteiger partial charge in [-0.1, -0.05) is 12.1 Å². The molecule has 1 aromatic rings. The average Bonchev–Trinajstić information content (AvgIpc) is 2.29. The van der Waals surface area contributed by atoms with Gasteiger partial charge in [0.05, 0.1) is 0 Å². The molecule has 1 aromatic carbocycles. The van der Waals surface area contributed by atoms with Crippen molar-refractivity contribution in [3.05, 3.63) is 29.8 Å². The summed E-state index contributed by atoms with van der Waals surface area (Å²) in [6.45, 7) is 0. The van der Waals surface area contributed by atoms with Crippen molar-refractivity contribution in [1.82, 2.24) is 0 Å². The standard InChI is InChI=1S/C14H17F4NO/c15-13(7-1-2-11(19)9-13)8-10-3-5-12(6-4-10)20-14(16,17)18/h3-6,11H,1-2,7-9,19H2. The Hall–Kier alpha value is -1.30. The molecule has 0 heterocycles. The van der Waals surface area contributed by atoms with Crippen molar-refractivity contribution in [2.45, 2.75) is 50.2 Å². The normalized spacial score (nSPS) is 27.4. The molecule has 2 unspecified atom stereocenters. The first-order chi connectivity index (χ1) is 9.26. The smallest absolute Gasteiger partial charge is 0.406 e. The molecule has 2 rings (SSSR count). The second-order valence-electron chi connectivity index (χ2n) is 5.38. The third-order valence-corrected chi connectivity index (χ3v) is 3.51. The minimum absolute atomic E-state index is 0.137. The molecule has 0 bridgehead atoms. The van der Waals surface area contributed by atoms with Crippen molar-refractivity contribution < 1.29 is 22.3 Å². The minimum atomic E-state index is -4.71. The van der Waals surface area contributed by atoms with Crippen LogP contribution in [0.15, 0.2) is 24.3 Å². The molecular weight excluding hydrogens is 274 g/mol. The monoisotopic (exact) mass is 291 g/mol. The average molecular weight is 291 g/mol. The Labute approximate surface area is 114 Å². The van der Waals surface area contributed by atoms with E-state index >= 15 is 0 Å². The molecule has 0 aliphatic heterocycles. The summed E-state index contributed by atoms with van der Waals surface area (Å²) in [7, 11) is 0. The van der Waals surface area contributed by atoms with Crippen LogP contribution in [0.1, 0.15) is 31.2 Å². The molecule has 0 amide bonds. The fourth-order valence-corrected chi connectivity index (χ4v) is 2.69. The number of hydrogen-bond donors (Lipinski definition) is 1. The highest BCUT2D eigenvalue weighted by Crippen LogP contribution is 2.34. The van der Waals surface area contributed by atoms with Crippen LogP contribution >= 0.6 is 0 Å². The molecule has 20 heavy (non-hydrogen) atoms. The van der Waals surface area contributed by atoms with Crippen LogP contribution in [0.5, 0.6) is 5.75 Å². The SMILES string of the molecule is NC1CCCC(F)(Cc2ccc(OC(F)(F)F)cc2)C1. The van der Waals surface area contributed by atoms with Gasteiger partial charge in [0, 0.05) is 12.5 Å². The van der Waals surface area contributed by atoms with Crippen LogP contribution in [-0.4, -0.2) is 18.1 Å². The topological polar surface area (TPSA) is 35.2 Å². The molecule has 6 heteroatoms. The number of rotatable bonds is 3. The van der Waals surface area contributed by atoms with Crippen LogP contribution in [-0.2, 0) is 6.42 Å². The molecule has 0 aromatic heterocycles. The zero-order valence-electron chi connectivity index (χ0n) is 10.9. The molecule has 1 fully saturated rings. The van der Waals surface area contributed by atoms with Crippen molar-refractivity contribution in [2.24, 2.45) is 5.73 Å². The summed E-state index contributed by atoms with van der Waals surface area (Å²) in [5.74, 6) is -0.297. The highest BCUT2D eigenvalue weighted by Gasteiger charge is 2.35. The van der Waals surface area contributed by atoms with Gasteiger partial charge in [0.2, 0.25) is 0 Å². The van der Waals surface area contributed by atoms with Gasteiger partial charge in [0.15, 0.2) is 0 Å². The van der Waals surface area contributed by atoms with Crippen LogP contribution in [0.3, 0.4) is 0 Å². The van der Waals surface area contributed by atoms with E-state index in [4.69, 9.17) is 5.73 Å². The Morgan fingerprint density at radius 3 is 2.45 bits per heavy atom. The van der Waals surface area contributed by atoms with Gasteiger partial charge in [-0.15, -0.1) is 13.2 Å². The second-order valence-corrected chi connectivity index (χ2v) is 5.38. The number of halogens is 4. The summed E-state index contributed by atoms with van der Waals surface area (Å²) in [6.07, 6.45) is -2.22. The van der Waals surface area contributed by atoms with E-state index in [9.17, 15) is 17.6 Å². The Morgan fingerprint density at radius 2 is 1.90 bits per heavy atom. The Kier molecular flexibility index (Phi) is 4.22. The highest BCUT2D eigenvalue weighted by molar-refractivity contribution is 5.28. The zero-order chi connectivity index (χ0) is 14.8. The van der Waals surface area contributed by atoms with E-state index in [1.165, 1.54) is 24.3 Å². The first-order valence-electron chi connectivity index (χ1n) is 6.55. The maximum atomic E-state index is 14.6. The lowest BCUT2D eigenvalue weighted by Gasteiger charge is -2.33. The largest absolute Gasteiger partial charge is 0.573 e. The van der Waals surface area contributed by atoms with Crippen LogP contribution in [0.2, 0.25) is 0 Å². The van der Waals surface area contributed by atoms with Crippen LogP contribution < -0.4 is 10.5 Å². The van der Waals surface area contributed by atoms with Gasteiger partial charge in [-0.05, 0) is 43.4 Å². The Bertz CT molecular complexity index is 445. The number of nitrogens with two attached hydrogens (primary N) is 1. The van der Waals surface area contributed by atoms with E-state index in [2.05, 4.69) is 4.74 Å². The predicted octanol–water partition coefficient (Wildman–Crippen LogP) is 3.74. The van der Waals surface area contributed by atoms with Crippen LogP contribution in [0.4, 0.5) is 17.6 Å². The van der Waals surface area contributed by atoms with Gasteiger partial charge in [0.1, 0.15) is 11.4 Å². The van der Waals surface area contributed by atoms with Crippen molar-refractivity contribution in [3.8, 4) is 5.75 Å². The summed E-state index contributed by atoms with van der Waals surface area (Å²) in [5, 5.41) is 0. The molecule has 1 saturated carbocycles. The lowest BCUT2D eigenvalue weighted by molar-refractivity contribution is -0.274. The van der Waals surface area contributed by atoms with Gasteiger partial charge in [-0.3, -0.25) is 0 Å². The molecule has 0 saturated heterocycles. The first kappa shape index (κ1) is 15.1. The molecule has 2 nitrogen and oxygen atoms in total. The zero-order valence-corrected chi connectivity index (χ0v) is 10.9. The maximum absolute atomic E-state index is 14.6. The van der Waals surface area contributed by atoms with Crippen molar-refractivity contribution in [3.63, 3.8) is 0 Å².